The maximum absolute atomic E-state index is 12.5. The molecule has 1 aliphatic rings. The molecule has 4 rings (SSSR count). The van der Waals surface area contributed by atoms with Crippen molar-refractivity contribution in [3.05, 3.63) is 70.1 Å². The highest BCUT2D eigenvalue weighted by atomic mass is 16.4. The van der Waals surface area contributed by atoms with Gasteiger partial charge in [-0.3, -0.25) is 9.69 Å². The van der Waals surface area contributed by atoms with Crippen LogP contribution in [0.25, 0.3) is 10.9 Å². The van der Waals surface area contributed by atoms with Gasteiger partial charge in [-0.15, -0.1) is 0 Å². The number of pyridine rings is 2. The summed E-state index contributed by atoms with van der Waals surface area (Å²) >= 11 is 0. The number of rotatable bonds is 5. The fourth-order valence-corrected chi connectivity index (χ4v) is 3.84. The summed E-state index contributed by atoms with van der Waals surface area (Å²) in [5.41, 5.74) is 1.33. The van der Waals surface area contributed by atoms with Gasteiger partial charge in [0.25, 0.3) is 0 Å². The highest BCUT2D eigenvalue weighted by Crippen LogP contribution is 2.20. The number of piperazine rings is 1. The molecule has 0 radical (unpaired) electrons. The predicted octanol–water partition coefficient (Wildman–Crippen LogP) is 2.44. The number of carboxylic acids is 1. The molecular weight excluding hydrogens is 368 g/mol. The van der Waals surface area contributed by atoms with Gasteiger partial charge in [0, 0.05) is 57.7 Å². The average Bonchev–Trinajstić information content (AvgIpc) is 2.75. The van der Waals surface area contributed by atoms with Crippen molar-refractivity contribution in [3.63, 3.8) is 0 Å². The molecule has 29 heavy (non-hydrogen) atoms. The van der Waals surface area contributed by atoms with Crippen LogP contribution in [0.4, 0.5) is 5.82 Å². The Bertz CT molecular complexity index is 1090. The zero-order chi connectivity index (χ0) is 20.4. The summed E-state index contributed by atoms with van der Waals surface area (Å²) in [6, 6.07) is 12.3. The van der Waals surface area contributed by atoms with E-state index in [1.54, 1.807) is 4.57 Å². The lowest BCUT2D eigenvalue weighted by molar-refractivity contribution is 0.0695. The SMILES string of the molecule is CCn1cc(C(=O)O)c(=O)c2cnc(N3CCN(Cc4ccccc4)CC3)cc21. The van der Waals surface area contributed by atoms with E-state index in [0.29, 0.717) is 11.9 Å². The fraction of sp³-hybridized carbons (Fsp3) is 0.318. The zero-order valence-electron chi connectivity index (χ0n) is 16.4. The standard InChI is InChI=1S/C22H24N4O3/c1-2-25-15-18(22(28)29)21(27)17-13-23-20(12-19(17)25)26-10-8-24(9-11-26)14-16-6-4-3-5-7-16/h3-7,12-13,15H,2,8-11,14H2,1H3,(H,28,29). The molecule has 7 heteroatoms. The monoisotopic (exact) mass is 392 g/mol. The van der Waals surface area contributed by atoms with Crippen LogP contribution < -0.4 is 10.3 Å². The van der Waals surface area contributed by atoms with Gasteiger partial charge in [-0.2, -0.15) is 0 Å². The van der Waals surface area contributed by atoms with Gasteiger partial charge >= 0.3 is 5.97 Å². The van der Waals surface area contributed by atoms with Crippen LogP contribution in [-0.2, 0) is 13.1 Å². The average molecular weight is 392 g/mol. The van der Waals surface area contributed by atoms with Crippen LogP contribution in [0.5, 0.6) is 0 Å². The number of carbonyl (C=O) groups is 1. The second-order valence-corrected chi connectivity index (χ2v) is 7.27. The first-order valence-electron chi connectivity index (χ1n) is 9.84. The molecule has 2 aromatic heterocycles. The van der Waals surface area contributed by atoms with Crippen molar-refractivity contribution in [1.82, 2.24) is 14.5 Å². The minimum atomic E-state index is -1.21. The van der Waals surface area contributed by atoms with Crippen molar-refractivity contribution in [3.8, 4) is 0 Å². The zero-order valence-corrected chi connectivity index (χ0v) is 16.4. The number of carboxylic acid groups (broad SMARTS) is 1. The van der Waals surface area contributed by atoms with Crippen LogP contribution in [0.15, 0.2) is 53.6 Å². The van der Waals surface area contributed by atoms with Crippen LogP contribution in [0, 0.1) is 0 Å². The number of aromatic carboxylic acids is 1. The van der Waals surface area contributed by atoms with Crippen LogP contribution >= 0.6 is 0 Å². The summed E-state index contributed by atoms with van der Waals surface area (Å²) < 4.78 is 1.80. The molecule has 0 spiro atoms. The largest absolute Gasteiger partial charge is 0.477 e. The van der Waals surface area contributed by atoms with Gasteiger partial charge < -0.3 is 14.6 Å². The number of hydrogen-bond acceptors (Lipinski definition) is 5. The third-order valence-corrected chi connectivity index (χ3v) is 5.47. The number of fused-ring (bicyclic) bond motifs is 1. The number of aryl methyl sites for hydroxylation is 1. The molecule has 1 aliphatic heterocycles. The molecule has 3 aromatic rings. The number of hydrogen-bond donors (Lipinski definition) is 1. The number of nitrogens with zero attached hydrogens (tertiary/aromatic N) is 4. The molecule has 0 amide bonds. The van der Waals surface area contributed by atoms with Gasteiger partial charge in [-0.05, 0) is 12.5 Å². The van der Waals surface area contributed by atoms with E-state index in [0.717, 1.165) is 44.1 Å². The van der Waals surface area contributed by atoms with Gasteiger partial charge in [-0.1, -0.05) is 30.3 Å². The van der Waals surface area contributed by atoms with Crippen molar-refractivity contribution >= 4 is 22.7 Å². The Morgan fingerprint density at radius 1 is 1.14 bits per heavy atom. The van der Waals surface area contributed by atoms with Crippen molar-refractivity contribution in [2.75, 3.05) is 31.1 Å². The summed E-state index contributed by atoms with van der Waals surface area (Å²) in [7, 11) is 0. The van der Waals surface area contributed by atoms with Crippen LogP contribution in [0.2, 0.25) is 0 Å². The predicted molar refractivity (Wildman–Crippen MR) is 113 cm³/mol. The minimum absolute atomic E-state index is 0.219. The summed E-state index contributed by atoms with van der Waals surface area (Å²) in [6.07, 6.45) is 2.94. The smallest absolute Gasteiger partial charge is 0.341 e. The minimum Gasteiger partial charge on any atom is -0.477 e. The van der Waals surface area contributed by atoms with Gasteiger partial charge in [0.2, 0.25) is 5.43 Å². The molecule has 3 heterocycles. The Labute approximate surface area is 168 Å². The lowest BCUT2D eigenvalue weighted by Gasteiger charge is -2.35. The normalized spacial score (nSPS) is 15.0. The maximum Gasteiger partial charge on any atom is 0.341 e. The Balaban J connectivity index is 1.55. The molecule has 7 nitrogen and oxygen atoms in total. The maximum atomic E-state index is 12.5. The molecule has 0 unspecified atom stereocenters. The topological polar surface area (TPSA) is 78.7 Å². The van der Waals surface area contributed by atoms with Crippen LogP contribution in [0.1, 0.15) is 22.8 Å². The van der Waals surface area contributed by atoms with Gasteiger partial charge in [-0.25, -0.2) is 9.78 Å². The Morgan fingerprint density at radius 3 is 2.52 bits per heavy atom. The van der Waals surface area contributed by atoms with E-state index >= 15 is 0 Å². The first kappa shape index (κ1) is 19.1. The highest BCUT2D eigenvalue weighted by molar-refractivity contribution is 5.92. The van der Waals surface area contributed by atoms with E-state index in [4.69, 9.17) is 0 Å². The summed E-state index contributed by atoms with van der Waals surface area (Å²) in [6.45, 7) is 7.03. The van der Waals surface area contributed by atoms with Crippen molar-refractivity contribution in [2.24, 2.45) is 0 Å². The van der Waals surface area contributed by atoms with E-state index < -0.39 is 11.4 Å². The Kier molecular flexibility index (Phi) is 5.31. The first-order chi connectivity index (χ1) is 14.1. The summed E-state index contributed by atoms with van der Waals surface area (Å²) in [5, 5.41) is 9.63. The van der Waals surface area contributed by atoms with Gasteiger partial charge in [0.1, 0.15) is 11.4 Å². The molecule has 0 atom stereocenters. The molecule has 1 N–H and O–H groups in total. The van der Waals surface area contributed by atoms with E-state index in [1.165, 1.54) is 18.0 Å². The third-order valence-electron chi connectivity index (χ3n) is 5.47. The van der Waals surface area contributed by atoms with E-state index in [-0.39, 0.29) is 5.56 Å². The Hall–Kier alpha value is -3.19. The van der Waals surface area contributed by atoms with Crippen LogP contribution in [0.3, 0.4) is 0 Å². The van der Waals surface area contributed by atoms with Gasteiger partial charge in [0.05, 0.1) is 10.9 Å². The molecule has 1 fully saturated rings. The first-order valence-corrected chi connectivity index (χ1v) is 9.84. The second kappa shape index (κ2) is 8.05. The van der Waals surface area contributed by atoms with E-state index in [1.807, 2.05) is 19.1 Å². The van der Waals surface area contributed by atoms with Crippen molar-refractivity contribution in [2.45, 2.75) is 20.0 Å². The van der Waals surface area contributed by atoms with Crippen molar-refractivity contribution in [1.29, 1.82) is 0 Å². The number of anilines is 1. The molecule has 1 aromatic carbocycles. The van der Waals surface area contributed by atoms with E-state index in [9.17, 15) is 14.7 Å². The van der Waals surface area contributed by atoms with Gasteiger partial charge in [0.15, 0.2) is 0 Å². The Morgan fingerprint density at radius 2 is 1.86 bits per heavy atom. The highest BCUT2D eigenvalue weighted by Gasteiger charge is 2.20. The lowest BCUT2D eigenvalue weighted by Crippen LogP contribution is -2.46. The second-order valence-electron chi connectivity index (χ2n) is 7.27. The molecule has 0 aliphatic carbocycles. The number of aromatic nitrogens is 2. The lowest BCUT2D eigenvalue weighted by atomic mass is 10.1. The summed E-state index contributed by atoms with van der Waals surface area (Å²) in [5.74, 6) is -0.390. The van der Waals surface area contributed by atoms with E-state index in [2.05, 4.69) is 39.0 Å². The van der Waals surface area contributed by atoms with Crippen LogP contribution in [-0.4, -0.2) is 51.7 Å². The fourth-order valence-electron chi connectivity index (χ4n) is 3.84. The number of benzene rings is 1. The molecule has 1 saturated heterocycles. The molecule has 0 saturated carbocycles. The summed E-state index contributed by atoms with van der Waals surface area (Å²) in [4.78, 5) is 33.0. The third kappa shape index (κ3) is 3.86. The van der Waals surface area contributed by atoms with Crippen molar-refractivity contribution < 1.29 is 9.90 Å². The quantitative estimate of drug-likeness (QED) is 0.719. The molecule has 150 valence electrons. The molecular formula is C22H24N4O3. The molecule has 0 bridgehead atoms.